The van der Waals surface area contributed by atoms with Gasteiger partial charge in [-0.25, -0.2) is 8.42 Å². The highest BCUT2D eigenvalue weighted by Crippen LogP contribution is 2.16. The van der Waals surface area contributed by atoms with Crippen LogP contribution in [-0.2, 0) is 9.84 Å². The van der Waals surface area contributed by atoms with Gasteiger partial charge in [0.2, 0.25) is 0 Å². The van der Waals surface area contributed by atoms with E-state index in [0.29, 0.717) is 23.4 Å². The lowest BCUT2D eigenvalue weighted by molar-refractivity contribution is 0.273. The van der Waals surface area contributed by atoms with Gasteiger partial charge in [-0.05, 0) is 45.0 Å². The third-order valence-corrected chi connectivity index (χ3v) is 6.21. The lowest BCUT2D eigenvalue weighted by atomic mass is 10.2. The molecule has 6 nitrogen and oxygen atoms in total. The summed E-state index contributed by atoms with van der Waals surface area (Å²) >= 11 is 0. The van der Waals surface area contributed by atoms with E-state index in [4.69, 9.17) is 0 Å². The molecule has 25 heavy (non-hydrogen) atoms. The minimum absolute atomic E-state index is 0.0476. The van der Waals surface area contributed by atoms with E-state index < -0.39 is 9.84 Å². The predicted octanol–water partition coefficient (Wildman–Crippen LogP) is 1.50. The second-order valence-electron chi connectivity index (χ2n) is 6.20. The van der Waals surface area contributed by atoms with Crippen molar-refractivity contribution < 1.29 is 8.42 Å². The Morgan fingerprint density at radius 1 is 1.24 bits per heavy atom. The maximum atomic E-state index is 12.3. The molecule has 1 atom stereocenters. The highest BCUT2D eigenvalue weighted by molar-refractivity contribution is 7.91. The number of likely N-dealkylation sites (N-methyl/N-ethyl adjacent to an activating group) is 1. The number of likely N-dealkylation sites (tertiary alicyclic amines) is 1. The molecule has 1 saturated heterocycles. The minimum atomic E-state index is -3.27. The third kappa shape index (κ3) is 6.01. The second-order valence-corrected chi connectivity index (χ2v) is 8.31. The van der Waals surface area contributed by atoms with Crippen LogP contribution in [0.1, 0.15) is 26.7 Å². The molecule has 0 spiro atoms. The van der Waals surface area contributed by atoms with E-state index in [0.717, 1.165) is 26.2 Å². The molecule has 1 aromatic carbocycles. The van der Waals surface area contributed by atoms with Crippen LogP contribution in [-0.4, -0.2) is 63.8 Å². The molecule has 140 valence electrons. The van der Waals surface area contributed by atoms with Gasteiger partial charge in [0, 0.05) is 19.1 Å². The molecule has 2 rings (SSSR count). The highest BCUT2D eigenvalue weighted by atomic mass is 32.2. The summed E-state index contributed by atoms with van der Waals surface area (Å²) in [6.07, 6.45) is 2.41. The number of guanidine groups is 1. The van der Waals surface area contributed by atoms with Gasteiger partial charge < -0.3 is 10.6 Å². The predicted molar refractivity (Wildman–Crippen MR) is 103 cm³/mol. The Morgan fingerprint density at radius 3 is 2.68 bits per heavy atom. The van der Waals surface area contributed by atoms with Gasteiger partial charge >= 0.3 is 0 Å². The number of nitrogens with one attached hydrogen (secondary N) is 2. The molecule has 0 aromatic heterocycles. The van der Waals surface area contributed by atoms with Crippen molar-refractivity contribution in [1.82, 2.24) is 15.5 Å². The lowest BCUT2D eigenvalue weighted by Gasteiger charge is -2.21. The Bertz CT molecular complexity index is 646. The molecule has 7 heteroatoms. The van der Waals surface area contributed by atoms with Gasteiger partial charge in [0.1, 0.15) is 0 Å². The molecule has 1 heterocycles. The number of hydrogen-bond acceptors (Lipinski definition) is 4. The maximum Gasteiger partial charge on any atom is 0.191 e. The molecule has 1 aliphatic heterocycles. The van der Waals surface area contributed by atoms with Crippen molar-refractivity contribution in [2.75, 3.05) is 38.5 Å². The Kier molecular flexibility index (Phi) is 7.71. The lowest BCUT2D eigenvalue weighted by Crippen LogP contribution is -2.41. The van der Waals surface area contributed by atoms with Gasteiger partial charge in [0.25, 0.3) is 0 Å². The number of sulfone groups is 1. The summed E-state index contributed by atoms with van der Waals surface area (Å²) in [6.45, 7) is 8.22. The standard InChI is InChI=1S/C18H30N4O2S/c1-3-19-18(21-15-16-9-8-13-22(16)4-2)20-12-14-25(23,24)17-10-6-5-7-11-17/h5-7,10-11,16H,3-4,8-9,12-15H2,1-2H3,(H2,19,20,21). The number of nitrogens with zero attached hydrogens (tertiary/aromatic N) is 2. The Morgan fingerprint density at radius 2 is 2.00 bits per heavy atom. The van der Waals surface area contributed by atoms with E-state index in [1.807, 2.05) is 13.0 Å². The van der Waals surface area contributed by atoms with Gasteiger partial charge in [-0.15, -0.1) is 0 Å². The average molecular weight is 367 g/mol. The van der Waals surface area contributed by atoms with Crippen LogP contribution in [0.25, 0.3) is 0 Å². The van der Waals surface area contributed by atoms with E-state index in [1.54, 1.807) is 24.3 Å². The Labute approximate surface area is 151 Å². The van der Waals surface area contributed by atoms with E-state index in [2.05, 4.69) is 27.4 Å². The fourth-order valence-corrected chi connectivity index (χ4v) is 4.28. The van der Waals surface area contributed by atoms with E-state index in [1.165, 1.54) is 12.8 Å². The van der Waals surface area contributed by atoms with Crippen molar-refractivity contribution in [2.45, 2.75) is 37.6 Å². The first-order chi connectivity index (χ1) is 12.1. The van der Waals surface area contributed by atoms with Gasteiger partial charge in [-0.2, -0.15) is 0 Å². The molecule has 0 aliphatic carbocycles. The normalized spacial score (nSPS) is 19.1. The van der Waals surface area contributed by atoms with Gasteiger partial charge in [-0.1, -0.05) is 25.1 Å². The number of hydrogen-bond donors (Lipinski definition) is 2. The van der Waals surface area contributed by atoms with Crippen LogP contribution >= 0.6 is 0 Å². The summed E-state index contributed by atoms with van der Waals surface area (Å²) < 4.78 is 24.6. The summed E-state index contributed by atoms with van der Waals surface area (Å²) in [5.74, 6) is 0.736. The van der Waals surface area contributed by atoms with E-state index in [9.17, 15) is 8.42 Å². The van der Waals surface area contributed by atoms with E-state index >= 15 is 0 Å². The summed E-state index contributed by atoms with van der Waals surface area (Å²) in [7, 11) is -3.27. The van der Waals surface area contributed by atoms with Crippen LogP contribution < -0.4 is 10.6 Å². The molecule has 1 aromatic rings. The van der Waals surface area contributed by atoms with Crippen LogP contribution in [0.5, 0.6) is 0 Å². The monoisotopic (exact) mass is 366 g/mol. The third-order valence-electron chi connectivity index (χ3n) is 4.48. The van der Waals surface area contributed by atoms with Crippen LogP contribution in [0, 0.1) is 0 Å². The largest absolute Gasteiger partial charge is 0.357 e. The fourth-order valence-electron chi connectivity index (χ4n) is 3.11. The van der Waals surface area contributed by atoms with Gasteiger partial charge in [0.15, 0.2) is 15.8 Å². The topological polar surface area (TPSA) is 73.8 Å². The zero-order valence-electron chi connectivity index (χ0n) is 15.2. The molecule has 0 radical (unpaired) electrons. The van der Waals surface area contributed by atoms with Crippen LogP contribution in [0.2, 0.25) is 0 Å². The number of benzene rings is 1. The summed E-state index contributed by atoms with van der Waals surface area (Å²) in [6, 6.07) is 9.06. The van der Waals surface area contributed by atoms with Crippen molar-refractivity contribution in [1.29, 1.82) is 0 Å². The summed E-state index contributed by atoms with van der Waals surface area (Å²) in [4.78, 5) is 7.46. The van der Waals surface area contributed by atoms with Crippen molar-refractivity contribution >= 4 is 15.8 Å². The molecule has 1 fully saturated rings. The van der Waals surface area contributed by atoms with Crippen LogP contribution in [0.15, 0.2) is 40.2 Å². The molecular formula is C18H30N4O2S. The van der Waals surface area contributed by atoms with Crippen molar-refractivity contribution in [2.24, 2.45) is 4.99 Å². The van der Waals surface area contributed by atoms with Crippen molar-refractivity contribution in [3.63, 3.8) is 0 Å². The molecule has 1 unspecified atom stereocenters. The van der Waals surface area contributed by atoms with Gasteiger partial charge in [-0.3, -0.25) is 9.89 Å². The second kappa shape index (κ2) is 9.77. The Hall–Kier alpha value is -1.60. The zero-order chi connectivity index (χ0) is 18.1. The Balaban J connectivity index is 1.87. The smallest absolute Gasteiger partial charge is 0.191 e. The first kappa shape index (κ1) is 19.7. The van der Waals surface area contributed by atoms with Crippen LogP contribution in [0.3, 0.4) is 0 Å². The van der Waals surface area contributed by atoms with Crippen LogP contribution in [0.4, 0.5) is 0 Å². The highest BCUT2D eigenvalue weighted by Gasteiger charge is 2.22. The molecule has 0 saturated carbocycles. The van der Waals surface area contributed by atoms with Crippen molar-refractivity contribution in [3.05, 3.63) is 30.3 Å². The molecular weight excluding hydrogens is 336 g/mol. The molecule has 1 aliphatic rings. The van der Waals surface area contributed by atoms with Crippen molar-refractivity contribution in [3.8, 4) is 0 Å². The minimum Gasteiger partial charge on any atom is -0.357 e. The summed E-state index contributed by atoms with van der Waals surface area (Å²) in [5.41, 5.74) is 0. The molecule has 0 bridgehead atoms. The van der Waals surface area contributed by atoms with Gasteiger partial charge in [0.05, 0.1) is 17.2 Å². The van der Waals surface area contributed by atoms with E-state index in [-0.39, 0.29) is 5.75 Å². The molecule has 0 amide bonds. The number of rotatable bonds is 8. The fraction of sp³-hybridized carbons (Fsp3) is 0.611. The SMILES string of the molecule is CCNC(=NCC1CCCN1CC)NCCS(=O)(=O)c1ccccc1. The average Bonchev–Trinajstić information content (AvgIpc) is 3.08. The number of aliphatic imine (C=N–C) groups is 1. The first-order valence-corrected chi connectivity index (χ1v) is 10.8. The quantitative estimate of drug-likeness (QED) is 0.539. The zero-order valence-corrected chi connectivity index (χ0v) is 16.1. The molecule has 2 N–H and O–H groups in total. The maximum absolute atomic E-state index is 12.3. The summed E-state index contributed by atoms with van der Waals surface area (Å²) in [5, 5.41) is 6.34. The first-order valence-electron chi connectivity index (χ1n) is 9.11.